The second-order valence-electron chi connectivity index (χ2n) is 3.73. The van der Waals surface area contributed by atoms with Gasteiger partial charge in [-0.3, -0.25) is 4.79 Å². The molecule has 0 radical (unpaired) electrons. The lowest BCUT2D eigenvalue weighted by Gasteiger charge is -2.13. The van der Waals surface area contributed by atoms with Crippen molar-refractivity contribution in [2.45, 2.75) is 6.92 Å². The Morgan fingerprint density at radius 1 is 1.47 bits per heavy atom. The summed E-state index contributed by atoms with van der Waals surface area (Å²) in [4.78, 5) is 12.9. The minimum absolute atomic E-state index is 0.0231. The van der Waals surface area contributed by atoms with E-state index in [1.54, 1.807) is 14.1 Å². The van der Waals surface area contributed by atoms with Gasteiger partial charge in [-0.1, -0.05) is 6.07 Å². The van der Waals surface area contributed by atoms with E-state index in [9.17, 15) is 4.79 Å². The van der Waals surface area contributed by atoms with E-state index in [4.69, 9.17) is 5.73 Å². The lowest BCUT2D eigenvalue weighted by atomic mass is 10.2. The van der Waals surface area contributed by atoms with Crippen molar-refractivity contribution >= 4 is 17.3 Å². The van der Waals surface area contributed by atoms with Crippen molar-refractivity contribution in [1.29, 1.82) is 0 Å². The van der Waals surface area contributed by atoms with Gasteiger partial charge in [-0.25, -0.2) is 0 Å². The van der Waals surface area contributed by atoms with E-state index in [1.807, 2.05) is 25.1 Å². The summed E-state index contributed by atoms with van der Waals surface area (Å²) in [5, 5.41) is 3.01. The van der Waals surface area contributed by atoms with Crippen LogP contribution >= 0.6 is 0 Å². The van der Waals surface area contributed by atoms with Crippen molar-refractivity contribution in [3.8, 4) is 0 Å². The lowest BCUT2D eigenvalue weighted by Crippen LogP contribution is -2.28. The Balaban J connectivity index is 2.62. The lowest BCUT2D eigenvalue weighted by molar-refractivity contribution is -0.126. The van der Waals surface area contributed by atoms with Crippen molar-refractivity contribution in [3.63, 3.8) is 0 Å². The zero-order valence-corrected chi connectivity index (χ0v) is 9.37. The summed E-state index contributed by atoms with van der Waals surface area (Å²) in [5.74, 6) is 0.0231. The predicted octanol–water partition coefficient (Wildman–Crippen LogP) is 1.08. The molecule has 0 bridgehead atoms. The highest BCUT2D eigenvalue weighted by molar-refractivity contribution is 5.81. The largest absolute Gasteiger partial charge is 0.397 e. The Hall–Kier alpha value is -1.71. The molecule has 4 heteroatoms. The number of hydrogen-bond acceptors (Lipinski definition) is 3. The van der Waals surface area contributed by atoms with Crippen LogP contribution in [0, 0.1) is 6.92 Å². The number of nitrogens with two attached hydrogens (primary N) is 1. The van der Waals surface area contributed by atoms with E-state index in [-0.39, 0.29) is 12.5 Å². The smallest absolute Gasteiger partial charge is 0.241 e. The summed E-state index contributed by atoms with van der Waals surface area (Å²) < 4.78 is 0. The summed E-state index contributed by atoms with van der Waals surface area (Å²) in [5.41, 5.74) is 8.37. The molecule has 1 aromatic rings. The third-order valence-corrected chi connectivity index (χ3v) is 2.14. The number of nitrogens with zero attached hydrogens (tertiary/aromatic N) is 1. The molecule has 0 aliphatic rings. The molecule has 82 valence electrons. The number of carbonyl (C=O) groups excluding carboxylic acids is 1. The highest BCUT2D eigenvalue weighted by Gasteiger charge is 2.04. The maximum Gasteiger partial charge on any atom is 0.241 e. The summed E-state index contributed by atoms with van der Waals surface area (Å²) >= 11 is 0. The normalized spacial score (nSPS) is 9.80. The molecule has 0 heterocycles. The minimum Gasteiger partial charge on any atom is -0.397 e. The van der Waals surface area contributed by atoms with Crippen LogP contribution in [-0.2, 0) is 4.79 Å². The van der Waals surface area contributed by atoms with E-state index >= 15 is 0 Å². The maximum absolute atomic E-state index is 11.3. The molecule has 0 fully saturated rings. The number of aryl methyl sites for hydroxylation is 1. The summed E-state index contributed by atoms with van der Waals surface area (Å²) in [7, 11) is 3.45. The molecule has 1 rings (SSSR count). The van der Waals surface area contributed by atoms with Gasteiger partial charge in [-0.15, -0.1) is 0 Å². The zero-order valence-electron chi connectivity index (χ0n) is 9.37. The van der Waals surface area contributed by atoms with Gasteiger partial charge in [-0.05, 0) is 24.6 Å². The number of nitrogens with one attached hydrogen (secondary N) is 1. The Morgan fingerprint density at radius 2 is 2.13 bits per heavy atom. The van der Waals surface area contributed by atoms with Gasteiger partial charge in [0.15, 0.2) is 0 Å². The molecule has 3 N–H and O–H groups in total. The van der Waals surface area contributed by atoms with Crippen molar-refractivity contribution in [3.05, 3.63) is 23.8 Å². The van der Waals surface area contributed by atoms with Crippen LogP contribution in [-0.4, -0.2) is 31.4 Å². The second kappa shape index (κ2) is 4.68. The highest BCUT2D eigenvalue weighted by Crippen LogP contribution is 2.18. The van der Waals surface area contributed by atoms with Gasteiger partial charge in [0.2, 0.25) is 5.91 Å². The van der Waals surface area contributed by atoms with Gasteiger partial charge in [0, 0.05) is 14.1 Å². The van der Waals surface area contributed by atoms with Crippen molar-refractivity contribution in [1.82, 2.24) is 4.90 Å². The first-order chi connectivity index (χ1) is 7.00. The number of carbonyl (C=O) groups is 1. The van der Waals surface area contributed by atoms with Crippen molar-refractivity contribution in [2.75, 3.05) is 31.7 Å². The summed E-state index contributed by atoms with van der Waals surface area (Å²) in [6.07, 6.45) is 0. The highest BCUT2D eigenvalue weighted by atomic mass is 16.2. The van der Waals surface area contributed by atoms with Crippen LogP contribution in [0.4, 0.5) is 11.4 Å². The first-order valence-electron chi connectivity index (χ1n) is 4.81. The van der Waals surface area contributed by atoms with Crippen molar-refractivity contribution in [2.24, 2.45) is 0 Å². The van der Waals surface area contributed by atoms with Crippen LogP contribution in [0.3, 0.4) is 0 Å². The van der Waals surface area contributed by atoms with Crippen LogP contribution in [0.15, 0.2) is 18.2 Å². The van der Waals surface area contributed by atoms with Gasteiger partial charge in [0.25, 0.3) is 0 Å². The fourth-order valence-corrected chi connectivity index (χ4v) is 1.17. The predicted molar refractivity (Wildman–Crippen MR) is 62.8 cm³/mol. The Labute approximate surface area is 90.1 Å². The molecule has 0 aliphatic heterocycles. The van der Waals surface area contributed by atoms with Gasteiger partial charge < -0.3 is 16.0 Å². The summed E-state index contributed by atoms with van der Waals surface area (Å²) in [6.45, 7) is 2.24. The second-order valence-corrected chi connectivity index (χ2v) is 3.73. The number of nitrogen functional groups attached to an aromatic ring is 1. The molecular formula is C11H17N3O. The summed E-state index contributed by atoms with van der Waals surface area (Å²) in [6, 6.07) is 5.72. The van der Waals surface area contributed by atoms with Crippen LogP contribution in [0.2, 0.25) is 0 Å². The molecule has 1 amide bonds. The van der Waals surface area contributed by atoms with Crippen LogP contribution in [0.1, 0.15) is 5.56 Å². The molecule has 0 saturated heterocycles. The average Bonchev–Trinajstić information content (AvgIpc) is 2.15. The minimum atomic E-state index is 0.0231. The quantitative estimate of drug-likeness (QED) is 0.729. The van der Waals surface area contributed by atoms with Crippen LogP contribution < -0.4 is 11.1 Å². The van der Waals surface area contributed by atoms with E-state index in [0.29, 0.717) is 5.69 Å². The Morgan fingerprint density at radius 3 is 2.67 bits per heavy atom. The van der Waals surface area contributed by atoms with Crippen LogP contribution in [0.5, 0.6) is 0 Å². The van der Waals surface area contributed by atoms with E-state index in [0.717, 1.165) is 11.3 Å². The number of likely N-dealkylation sites (N-methyl/N-ethyl adjacent to an activating group) is 1. The monoisotopic (exact) mass is 207 g/mol. The third-order valence-electron chi connectivity index (χ3n) is 2.14. The van der Waals surface area contributed by atoms with Gasteiger partial charge in [0.1, 0.15) is 0 Å². The van der Waals surface area contributed by atoms with Gasteiger partial charge in [0.05, 0.1) is 17.9 Å². The molecule has 4 nitrogen and oxygen atoms in total. The molecule has 0 spiro atoms. The fraction of sp³-hybridized carbons (Fsp3) is 0.364. The van der Waals surface area contributed by atoms with E-state index < -0.39 is 0 Å². The van der Waals surface area contributed by atoms with Crippen LogP contribution in [0.25, 0.3) is 0 Å². The zero-order chi connectivity index (χ0) is 11.4. The van der Waals surface area contributed by atoms with Crippen molar-refractivity contribution < 1.29 is 4.79 Å². The number of anilines is 2. The molecule has 1 aromatic carbocycles. The standard InChI is InChI=1S/C11H17N3O/c1-8-4-5-10(9(12)6-8)13-7-11(15)14(2)3/h4-6,13H,7,12H2,1-3H3. The number of benzene rings is 1. The molecule has 0 aromatic heterocycles. The van der Waals surface area contributed by atoms with E-state index in [1.165, 1.54) is 4.90 Å². The SMILES string of the molecule is Cc1ccc(NCC(=O)N(C)C)c(N)c1. The molecule has 0 atom stereocenters. The van der Waals surface area contributed by atoms with E-state index in [2.05, 4.69) is 5.32 Å². The number of amides is 1. The Bertz CT molecular complexity index is 361. The molecular weight excluding hydrogens is 190 g/mol. The fourth-order valence-electron chi connectivity index (χ4n) is 1.17. The third kappa shape index (κ3) is 3.16. The molecule has 0 unspecified atom stereocenters. The first kappa shape index (κ1) is 11.4. The topological polar surface area (TPSA) is 58.4 Å². The number of hydrogen-bond donors (Lipinski definition) is 2. The Kier molecular flexibility index (Phi) is 3.55. The first-order valence-corrected chi connectivity index (χ1v) is 4.81. The van der Waals surface area contributed by atoms with Gasteiger partial charge >= 0.3 is 0 Å². The van der Waals surface area contributed by atoms with Gasteiger partial charge in [-0.2, -0.15) is 0 Å². The molecule has 0 saturated carbocycles. The average molecular weight is 207 g/mol. The number of rotatable bonds is 3. The maximum atomic E-state index is 11.3. The molecule has 15 heavy (non-hydrogen) atoms. The molecule has 0 aliphatic carbocycles.